The van der Waals surface area contributed by atoms with Crippen molar-refractivity contribution in [2.24, 2.45) is 5.92 Å². The van der Waals surface area contributed by atoms with Gasteiger partial charge in [0.1, 0.15) is 0 Å². The van der Waals surface area contributed by atoms with E-state index in [1.165, 1.54) is 0 Å². The maximum Gasteiger partial charge on any atom is 0.224 e. The molecular formula is C25H34ClN3O3. The number of likely N-dealkylation sites (tertiary alicyclic amines) is 1. The van der Waals surface area contributed by atoms with Crippen LogP contribution in [0.2, 0.25) is 5.02 Å². The summed E-state index contributed by atoms with van der Waals surface area (Å²) in [5.41, 5.74) is 1.86. The van der Waals surface area contributed by atoms with Crippen LogP contribution < -0.4 is 14.8 Å². The van der Waals surface area contributed by atoms with Gasteiger partial charge in [0.25, 0.3) is 0 Å². The molecule has 3 rings (SSSR count). The van der Waals surface area contributed by atoms with Crippen LogP contribution in [0.25, 0.3) is 0 Å². The largest absolute Gasteiger partial charge is 0.493 e. The SMILES string of the molecule is COc1ccc(NC(=O)CC[C@H]2CN(Cc3ccccc3Cl)CC[C@H]2N(C)C)cc1OC. The topological polar surface area (TPSA) is 54.0 Å². The molecule has 1 amide bonds. The molecule has 174 valence electrons. The van der Waals surface area contributed by atoms with Crippen LogP contribution >= 0.6 is 11.6 Å². The smallest absolute Gasteiger partial charge is 0.224 e. The lowest BCUT2D eigenvalue weighted by Gasteiger charge is -2.41. The van der Waals surface area contributed by atoms with Crippen LogP contribution in [0.15, 0.2) is 42.5 Å². The fourth-order valence-corrected chi connectivity index (χ4v) is 4.72. The molecule has 0 spiro atoms. The molecule has 0 radical (unpaired) electrons. The summed E-state index contributed by atoms with van der Waals surface area (Å²) >= 11 is 6.37. The first-order chi connectivity index (χ1) is 15.4. The minimum absolute atomic E-state index is 0.0120. The van der Waals surface area contributed by atoms with Crippen LogP contribution in [-0.2, 0) is 11.3 Å². The molecule has 2 atom stereocenters. The number of benzene rings is 2. The standard InChI is InChI=1S/C25H34ClN3O3/c1-28(2)22-13-14-29(16-18-7-5-6-8-21(18)26)17-19(22)9-12-25(30)27-20-10-11-23(31-3)24(15-20)32-4/h5-8,10-11,15,19,22H,9,12-14,16-17H2,1-4H3,(H,27,30)/t19-,22+/m0/s1. The zero-order chi connectivity index (χ0) is 23.1. The third kappa shape index (κ3) is 6.37. The van der Waals surface area contributed by atoms with Crippen molar-refractivity contribution < 1.29 is 14.3 Å². The highest BCUT2D eigenvalue weighted by Gasteiger charge is 2.31. The number of rotatable bonds is 9. The van der Waals surface area contributed by atoms with Gasteiger partial charge in [-0.3, -0.25) is 9.69 Å². The zero-order valence-electron chi connectivity index (χ0n) is 19.4. The van der Waals surface area contributed by atoms with E-state index < -0.39 is 0 Å². The van der Waals surface area contributed by atoms with Crippen molar-refractivity contribution in [2.75, 3.05) is 46.7 Å². The zero-order valence-corrected chi connectivity index (χ0v) is 20.2. The molecule has 0 aromatic heterocycles. The molecule has 1 saturated heterocycles. The maximum absolute atomic E-state index is 12.7. The van der Waals surface area contributed by atoms with Gasteiger partial charge in [-0.1, -0.05) is 29.8 Å². The fraction of sp³-hybridized carbons (Fsp3) is 0.480. The van der Waals surface area contributed by atoms with Crippen LogP contribution in [0.5, 0.6) is 11.5 Å². The number of carbonyl (C=O) groups is 1. The van der Waals surface area contributed by atoms with E-state index in [0.29, 0.717) is 35.6 Å². The Hall–Kier alpha value is -2.28. The first-order valence-corrected chi connectivity index (χ1v) is 11.4. The van der Waals surface area contributed by atoms with Crippen molar-refractivity contribution in [1.82, 2.24) is 9.80 Å². The van der Waals surface area contributed by atoms with Crippen molar-refractivity contribution in [3.63, 3.8) is 0 Å². The van der Waals surface area contributed by atoms with Crippen LogP contribution in [0, 0.1) is 5.92 Å². The molecule has 1 N–H and O–H groups in total. The number of ether oxygens (including phenoxy) is 2. The normalized spacial score (nSPS) is 19.1. The molecule has 0 aliphatic carbocycles. The van der Waals surface area contributed by atoms with Gasteiger partial charge in [0.05, 0.1) is 14.2 Å². The van der Waals surface area contributed by atoms with Gasteiger partial charge in [0.15, 0.2) is 11.5 Å². The molecule has 7 heteroatoms. The van der Waals surface area contributed by atoms with Crippen molar-refractivity contribution in [3.05, 3.63) is 53.1 Å². The summed E-state index contributed by atoms with van der Waals surface area (Å²) in [7, 11) is 7.44. The van der Waals surface area contributed by atoms with Crippen molar-refractivity contribution in [1.29, 1.82) is 0 Å². The second-order valence-electron chi connectivity index (χ2n) is 8.56. The quantitative estimate of drug-likeness (QED) is 0.597. The molecule has 2 aromatic carbocycles. The Morgan fingerprint density at radius 3 is 2.59 bits per heavy atom. The van der Waals surface area contributed by atoms with Crippen LogP contribution in [0.1, 0.15) is 24.8 Å². The van der Waals surface area contributed by atoms with E-state index in [1.807, 2.05) is 24.3 Å². The first-order valence-electron chi connectivity index (χ1n) is 11.0. The van der Waals surface area contributed by atoms with Crippen LogP contribution in [0.4, 0.5) is 5.69 Å². The minimum Gasteiger partial charge on any atom is -0.493 e. The van der Waals surface area contributed by atoms with E-state index in [1.54, 1.807) is 26.4 Å². The number of anilines is 1. The Morgan fingerprint density at radius 1 is 1.16 bits per heavy atom. The molecule has 1 fully saturated rings. The van der Waals surface area contributed by atoms with Crippen molar-refractivity contribution in [2.45, 2.75) is 31.8 Å². The highest BCUT2D eigenvalue weighted by Crippen LogP contribution is 2.30. The number of amides is 1. The summed E-state index contributed by atoms with van der Waals surface area (Å²) in [5.74, 6) is 1.66. The van der Waals surface area contributed by atoms with E-state index in [0.717, 1.165) is 43.1 Å². The number of carbonyl (C=O) groups excluding carboxylic acids is 1. The second kappa shape index (κ2) is 11.5. The number of halogens is 1. The predicted octanol–water partition coefficient (Wildman–Crippen LogP) is 4.53. The summed E-state index contributed by atoms with van der Waals surface area (Å²) in [6.07, 6.45) is 2.39. The predicted molar refractivity (Wildman–Crippen MR) is 130 cm³/mol. The summed E-state index contributed by atoms with van der Waals surface area (Å²) in [4.78, 5) is 17.4. The maximum atomic E-state index is 12.7. The van der Waals surface area contributed by atoms with E-state index in [2.05, 4.69) is 35.3 Å². The molecule has 1 aliphatic heterocycles. The number of hydrogen-bond donors (Lipinski definition) is 1. The molecule has 32 heavy (non-hydrogen) atoms. The molecule has 6 nitrogen and oxygen atoms in total. The Labute approximate surface area is 196 Å². The highest BCUT2D eigenvalue weighted by atomic mass is 35.5. The van der Waals surface area contributed by atoms with E-state index in [9.17, 15) is 4.79 Å². The molecule has 1 aliphatic rings. The molecule has 0 bridgehead atoms. The Kier molecular flexibility index (Phi) is 8.79. The molecule has 0 unspecified atom stereocenters. The summed E-state index contributed by atoms with van der Waals surface area (Å²) < 4.78 is 10.6. The van der Waals surface area contributed by atoms with E-state index in [-0.39, 0.29) is 5.91 Å². The monoisotopic (exact) mass is 459 g/mol. The van der Waals surface area contributed by atoms with E-state index >= 15 is 0 Å². The first kappa shape index (κ1) is 24.4. The van der Waals surface area contributed by atoms with E-state index in [4.69, 9.17) is 21.1 Å². The number of nitrogens with one attached hydrogen (secondary N) is 1. The summed E-state index contributed by atoms with van der Waals surface area (Å²) in [6.45, 7) is 2.83. The Bertz CT molecular complexity index is 906. The van der Waals surface area contributed by atoms with Gasteiger partial charge in [-0.2, -0.15) is 0 Å². The Morgan fingerprint density at radius 2 is 1.91 bits per heavy atom. The van der Waals surface area contributed by atoms with Gasteiger partial charge in [0, 0.05) is 42.3 Å². The molecule has 2 aromatic rings. The van der Waals surface area contributed by atoms with Gasteiger partial charge in [-0.25, -0.2) is 0 Å². The van der Waals surface area contributed by atoms with Gasteiger partial charge in [-0.05, 0) is 63.2 Å². The van der Waals surface area contributed by atoms with Crippen LogP contribution in [-0.4, -0.2) is 63.2 Å². The number of methoxy groups -OCH3 is 2. The van der Waals surface area contributed by atoms with Gasteiger partial charge in [0.2, 0.25) is 5.91 Å². The number of nitrogens with zero attached hydrogens (tertiary/aromatic N) is 2. The number of hydrogen-bond acceptors (Lipinski definition) is 5. The Balaban J connectivity index is 1.59. The average Bonchev–Trinajstić information content (AvgIpc) is 2.79. The summed E-state index contributed by atoms with van der Waals surface area (Å²) in [6, 6.07) is 13.9. The van der Waals surface area contributed by atoms with Crippen molar-refractivity contribution in [3.8, 4) is 11.5 Å². The lowest BCUT2D eigenvalue weighted by Crippen LogP contribution is -2.48. The highest BCUT2D eigenvalue weighted by molar-refractivity contribution is 6.31. The average molecular weight is 460 g/mol. The third-order valence-corrected chi connectivity index (χ3v) is 6.57. The van der Waals surface area contributed by atoms with Gasteiger partial charge >= 0.3 is 0 Å². The fourth-order valence-electron chi connectivity index (χ4n) is 4.52. The molecular weight excluding hydrogens is 426 g/mol. The van der Waals surface area contributed by atoms with Gasteiger partial charge in [-0.15, -0.1) is 0 Å². The van der Waals surface area contributed by atoms with Crippen molar-refractivity contribution >= 4 is 23.2 Å². The van der Waals surface area contributed by atoms with Gasteiger partial charge < -0.3 is 19.7 Å². The summed E-state index contributed by atoms with van der Waals surface area (Å²) in [5, 5.41) is 3.80. The third-order valence-electron chi connectivity index (χ3n) is 6.20. The number of piperidine rings is 1. The minimum atomic E-state index is 0.0120. The second-order valence-corrected chi connectivity index (χ2v) is 8.97. The lowest BCUT2D eigenvalue weighted by atomic mass is 9.87. The van der Waals surface area contributed by atoms with Crippen LogP contribution in [0.3, 0.4) is 0 Å². The molecule has 1 heterocycles. The molecule has 0 saturated carbocycles. The lowest BCUT2D eigenvalue weighted by molar-refractivity contribution is -0.116.